The van der Waals surface area contributed by atoms with Crippen LogP contribution in [-0.4, -0.2) is 27.2 Å². The van der Waals surface area contributed by atoms with E-state index in [0.717, 1.165) is 0 Å². The summed E-state index contributed by atoms with van der Waals surface area (Å²) >= 11 is 0. The number of sulfone groups is 1. The normalized spacial score (nSPS) is 15.0. The van der Waals surface area contributed by atoms with Gasteiger partial charge in [0.2, 0.25) is 9.84 Å². The number of hydrogen-bond donors (Lipinski definition) is 1. The average molecular weight is 318 g/mol. The third kappa shape index (κ3) is 2.53. The van der Waals surface area contributed by atoms with Gasteiger partial charge in [-0.3, -0.25) is 0 Å². The highest BCUT2D eigenvalue weighted by Crippen LogP contribution is 2.36. The first kappa shape index (κ1) is 14.5. The summed E-state index contributed by atoms with van der Waals surface area (Å²) in [6.07, 6.45) is 0. The Morgan fingerprint density at radius 2 is 1.82 bits per heavy atom. The minimum atomic E-state index is -3.53. The van der Waals surface area contributed by atoms with Crippen molar-refractivity contribution in [2.45, 2.75) is 4.90 Å². The SMILES string of the molecule is COc1ccccc1OCC1=CS(=O)(=O)c2cc(O)ccc21. The van der Waals surface area contributed by atoms with Crippen molar-refractivity contribution in [1.29, 1.82) is 0 Å². The summed E-state index contributed by atoms with van der Waals surface area (Å²) in [5.41, 5.74) is 1.09. The van der Waals surface area contributed by atoms with Crippen molar-refractivity contribution < 1.29 is 23.0 Å². The van der Waals surface area contributed by atoms with E-state index in [1.807, 2.05) is 12.1 Å². The van der Waals surface area contributed by atoms with Crippen LogP contribution >= 0.6 is 0 Å². The van der Waals surface area contributed by atoms with Gasteiger partial charge in [-0.05, 0) is 30.3 Å². The number of rotatable bonds is 4. The Morgan fingerprint density at radius 1 is 1.09 bits per heavy atom. The Kier molecular flexibility index (Phi) is 3.54. The van der Waals surface area contributed by atoms with Crippen LogP contribution < -0.4 is 9.47 Å². The molecule has 0 aromatic heterocycles. The highest BCUT2D eigenvalue weighted by Gasteiger charge is 2.27. The molecule has 1 N–H and O–H groups in total. The molecule has 0 amide bonds. The van der Waals surface area contributed by atoms with Crippen LogP contribution in [0.15, 0.2) is 52.8 Å². The van der Waals surface area contributed by atoms with Gasteiger partial charge in [0.1, 0.15) is 12.4 Å². The number of phenolic OH excluding ortho intramolecular Hbond substituents is 1. The molecule has 6 heteroatoms. The summed E-state index contributed by atoms with van der Waals surface area (Å²) in [4.78, 5) is 0.103. The molecular weight excluding hydrogens is 304 g/mol. The van der Waals surface area contributed by atoms with Crippen LogP contribution in [0.2, 0.25) is 0 Å². The second-order valence-electron chi connectivity index (χ2n) is 4.81. The average Bonchev–Trinajstić information content (AvgIpc) is 2.76. The zero-order valence-corrected chi connectivity index (χ0v) is 12.6. The lowest BCUT2D eigenvalue weighted by molar-refractivity contribution is 0.331. The minimum absolute atomic E-state index is 0.0809. The van der Waals surface area contributed by atoms with Gasteiger partial charge >= 0.3 is 0 Å². The number of hydrogen-bond acceptors (Lipinski definition) is 5. The summed E-state index contributed by atoms with van der Waals surface area (Å²) in [7, 11) is -1.99. The van der Waals surface area contributed by atoms with Gasteiger partial charge in [-0.25, -0.2) is 8.42 Å². The van der Waals surface area contributed by atoms with Crippen molar-refractivity contribution in [2.75, 3.05) is 13.7 Å². The molecule has 0 unspecified atom stereocenters. The Morgan fingerprint density at radius 3 is 2.55 bits per heavy atom. The third-order valence-electron chi connectivity index (χ3n) is 3.37. The van der Waals surface area contributed by atoms with Crippen LogP contribution in [0.25, 0.3) is 5.57 Å². The molecule has 0 saturated carbocycles. The van der Waals surface area contributed by atoms with Crippen LogP contribution in [0.4, 0.5) is 0 Å². The molecular formula is C16H14O5S. The first-order valence-corrected chi connectivity index (χ1v) is 8.11. The van der Waals surface area contributed by atoms with Gasteiger partial charge in [-0.1, -0.05) is 12.1 Å². The minimum Gasteiger partial charge on any atom is -0.508 e. The second kappa shape index (κ2) is 5.38. The fourth-order valence-electron chi connectivity index (χ4n) is 2.33. The Bertz CT molecular complexity index is 853. The van der Waals surface area contributed by atoms with Crippen molar-refractivity contribution in [3.8, 4) is 17.2 Å². The number of aromatic hydroxyl groups is 1. The molecule has 2 aromatic rings. The van der Waals surface area contributed by atoms with E-state index in [0.29, 0.717) is 22.6 Å². The van der Waals surface area contributed by atoms with E-state index in [9.17, 15) is 13.5 Å². The lowest BCUT2D eigenvalue weighted by Gasteiger charge is -2.11. The maximum absolute atomic E-state index is 12.1. The van der Waals surface area contributed by atoms with Gasteiger partial charge in [0.15, 0.2) is 11.5 Å². The molecule has 0 radical (unpaired) electrons. The standard InChI is InChI=1S/C16H14O5S/c1-20-14-4-2-3-5-15(14)21-9-11-10-22(18,19)16-8-12(17)6-7-13(11)16/h2-8,10,17H,9H2,1H3. The topological polar surface area (TPSA) is 72.8 Å². The monoisotopic (exact) mass is 318 g/mol. The molecule has 0 fully saturated rings. The maximum atomic E-state index is 12.1. The van der Waals surface area contributed by atoms with E-state index in [2.05, 4.69) is 0 Å². The van der Waals surface area contributed by atoms with E-state index >= 15 is 0 Å². The molecule has 114 valence electrons. The van der Waals surface area contributed by atoms with Gasteiger partial charge in [-0.15, -0.1) is 0 Å². The lowest BCUT2D eigenvalue weighted by atomic mass is 10.1. The quantitative estimate of drug-likeness (QED) is 0.938. The van der Waals surface area contributed by atoms with Crippen molar-refractivity contribution in [1.82, 2.24) is 0 Å². The molecule has 1 aliphatic heterocycles. The molecule has 5 nitrogen and oxygen atoms in total. The van der Waals surface area contributed by atoms with Gasteiger partial charge in [0.25, 0.3) is 0 Å². The fraction of sp³-hybridized carbons (Fsp3) is 0.125. The Labute approximate surface area is 128 Å². The fourth-order valence-corrected chi connectivity index (χ4v) is 3.82. The first-order chi connectivity index (χ1) is 10.5. The van der Waals surface area contributed by atoms with Crippen molar-refractivity contribution >= 4 is 15.4 Å². The number of fused-ring (bicyclic) bond motifs is 1. The summed E-state index contributed by atoms with van der Waals surface area (Å²) in [5.74, 6) is 1.04. The summed E-state index contributed by atoms with van der Waals surface area (Å²) in [6, 6.07) is 11.4. The molecule has 0 aliphatic carbocycles. The van der Waals surface area contributed by atoms with E-state index in [1.165, 1.54) is 17.5 Å². The molecule has 0 saturated heterocycles. The van der Waals surface area contributed by atoms with Crippen LogP contribution in [0.3, 0.4) is 0 Å². The van der Waals surface area contributed by atoms with Crippen LogP contribution in [-0.2, 0) is 9.84 Å². The van der Waals surface area contributed by atoms with Crippen molar-refractivity contribution in [2.24, 2.45) is 0 Å². The van der Waals surface area contributed by atoms with E-state index in [-0.39, 0.29) is 17.3 Å². The molecule has 0 atom stereocenters. The van der Waals surface area contributed by atoms with E-state index < -0.39 is 9.84 Å². The first-order valence-electron chi connectivity index (χ1n) is 6.56. The smallest absolute Gasteiger partial charge is 0.200 e. The largest absolute Gasteiger partial charge is 0.508 e. The van der Waals surface area contributed by atoms with E-state index in [4.69, 9.17) is 9.47 Å². The Hall–Kier alpha value is -2.47. The number of phenols is 1. The highest BCUT2D eigenvalue weighted by atomic mass is 32.2. The lowest BCUT2D eigenvalue weighted by Crippen LogP contribution is -2.01. The third-order valence-corrected chi connectivity index (χ3v) is 4.91. The predicted molar refractivity (Wildman–Crippen MR) is 81.8 cm³/mol. The number of ether oxygens (including phenoxy) is 2. The highest BCUT2D eigenvalue weighted by molar-refractivity contribution is 7.95. The summed E-state index contributed by atoms with van der Waals surface area (Å²) < 4.78 is 35.0. The van der Waals surface area contributed by atoms with Crippen LogP contribution in [0.5, 0.6) is 17.2 Å². The molecule has 3 rings (SSSR count). The van der Waals surface area contributed by atoms with Gasteiger partial charge in [-0.2, -0.15) is 0 Å². The zero-order chi connectivity index (χ0) is 15.7. The number of benzene rings is 2. The molecule has 1 heterocycles. The summed E-state index contributed by atoms with van der Waals surface area (Å²) in [6.45, 7) is 0.0946. The second-order valence-corrected chi connectivity index (χ2v) is 6.57. The molecule has 0 spiro atoms. The van der Waals surface area contributed by atoms with Gasteiger partial charge < -0.3 is 14.6 Å². The van der Waals surface area contributed by atoms with Crippen LogP contribution in [0.1, 0.15) is 5.56 Å². The van der Waals surface area contributed by atoms with E-state index in [1.54, 1.807) is 25.3 Å². The van der Waals surface area contributed by atoms with Crippen LogP contribution in [0, 0.1) is 0 Å². The molecule has 2 aromatic carbocycles. The molecule has 0 bridgehead atoms. The predicted octanol–water partition coefficient (Wildman–Crippen LogP) is 2.61. The number of methoxy groups -OCH3 is 1. The Balaban J connectivity index is 1.89. The zero-order valence-electron chi connectivity index (χ0n) is 11.8. The maximum Gasteiger partial charge on any atom is 0.200 e. The molecule has 22 heavy (non-hydrogen) atoms. The van der Waals surface area contributed by atoms with Gasteiger partial charge in [0, 0.05) is 16.5 Å². The molecule has 1 aliphatic rings. The van der Waals surface area contributed by atoms with Gasteiger partial charge in [0.05, 0.1) is 12.0 Å². The summed E-state index contributed by atoms with van der Waals surface area (Å²) in [5, 5.41) is 10.6. The number of para-hydroxylation sites is 2. The van der Waals surface area contributed by atoms with Crippen molar-refractivity contribution in [3.05, 3.63) is 53.4 Å². The van der Waals surface area contributed by atoms with Crippen molar-refractivity contribution in [3.63, 3.8) is 0 Å².